The first-order valence-electron chi connectivity index (χ1n) is 6.14. The number of nitrogens with two attached hydrogens (primary N) is 1. The molecule has 2 rings (SSSR count). The molecule has 0 aromatic heterocycles. The molecule has 3 nitrogen and oxygen atoms in total. The second kappa shape index (κ2) is 5.79. The van der Waals surface area contributed by atoms with Crippen LogP contribution in [0.15, 0.2) is 12.1 Å². The van der Waals surface area contributed by atoms with Gasteiger partial charge >= 0.3 is 0 Å². The summed E-state index contributed by atoms with van der Waals surface area (Å²) in [5.74, 6) is -1.28. The lowest BCUT2D eigenvalue weighted by molar-refractivity contribution is 0.0820. The van der Waals surface area contributed by atoms with E-state index in [0.29, 0.717) is 19.7 Å². The van der Waals surface area contributed by atoms with Gasteiger partial charge in [0, 0.05) is 25.3 Å². The molecule has 1 fully saturated rings. The van der Waals surface area contributed by atoms with E-state index in [0.717, 1.165) is 6.42 Å². The van der Waals surface area contributed by atoms with Gasteiger partial charge in [0.2, 0.25) is 0 Å². The molecule has 6 heteroatoms. The summed E-state index contributed by atoms with van der Waals surface area (Å²) in [5, 5.41) is 0. The van der Waals surface area contributed by atoms with Crippen LogP contribution in [-0.2, 0) is 4.74 Å². The van der Waals surface area contributed by atoms with Gasteiger partial charge in [-0.05, 0) is 25.5 Å². The zero-order chi connectivity index (χ0) is 14.0. The summed E-state index contributed by atoms with van der Waals surface area (Å²) in [5.41, 5.74) is 5.56. The summed E-state index contributed by atoms with van der Waals surface area (Å²) in [6, 6.07) is 2.36. The number of rotatable bonds is 2. The minimum Gasteiger partial charge on any atom is -0.389 e. The zero-order valence-corrected chi connectivity index (χ0v) is 11.5. The first-order chi connectivity index (χ1) is 8.99. The van der Waals surface area contributed by atoms with Crippen LogP contribution in [0.1, 0.15) is 18.9 Å². The molecule has 1 saturated heterocycles. The van der Waals surface area contributed by atoms with Crippen molar-refractivity contribution in [1.82, 2.24) is 0 Å². The van der Waals surface area contributed by atoms with Crippen LogP contribution in [-0.4, -0.2) is 30.8 Å². The van der Waals surface area contributed by atoms with E-state index in [1.807, 2.05) is 6.92 Å². The highest BCUT2D eigenvalue weighted by molar-refractivity contribution is 7.80. The van der Waals surface area contributed by atoms with E-state index in [1.165, 1.54) is 12.1 Å². The van der Waals surface area contributed by atoms with Crippen molar-refractivity contribution in [3.8, 4) is 0 Å². The Bertz CT molecular complexity index is 473. The van der Waals surface area contributed by atoms with Gasteiger partial charge in [0.05, 0.1) is 6.10 Å². The molecule has 1 unspecified atom stereocenters. The molecule has 1 aromatic rings. The Balaban J connectivity index is 2.36. The normalized spacial score (nSPS) is 20.2. The highest BCUT2D eigenvalue weighted by Crippen LogP contribution is 2.26. The van der Waals surface area contributed by atoms with Crippen LogP contribution in [0.5, 0.6) is 0 Å². The van der Waals surface area contributed by atoms with Crippen molar-refractivity contribution in [3.05, 3.63) is 29.3 Å². The molecular weight excluding hydrogens is 270 g/mol. The lowest BCUT2D eigenvalue weighted by Gasteiger charge is -2.25. The summed E-state index contributed by atoms with van der Waals surface area (Å²) in [7, 11) is 0. The highest BCUT2D eigenvalue weighted by Gasteiger charge is 2.22. The fourth-order valence-electron chi connectivity index (χ4n) is 2.21. The molecular formula is C13H16F2N2OS. The van der Waals surface area contributed by atoms with Crippen LogP contribution in [0.25, 0.3) is 0 Å². The van der Waals surface area contributed by atoms with Crippen molar-refractivity contribution < 1.29 is 13.5 Å². The largest absolute Gasteiger partial charge is 0.389 e. The van der Waals surface area contributed by atoms with Crippen LogP contribution in [0.3, 0.4) is 0 Å². The fourth-order valence-corrected chi connectivity index (χ4v) is 2.33. The van der Waals surface area contributed by atoms with E-state index in [-0.39, 0.29) is 22.3 Å². The summed E-state index contributed by atoms with van der Waals surface area (Å²) in [4.78, 5) is 1.66. The maximum absolute atomic E-state index is 14.1. The van der Waals surface area contributed by atoms with E-state index >= 15 is 0 Å². The fraction of sp³-hybridized carbons (Fsp3) is 0.462. The lowest BCUT2D eigenvalue weighted by Crippen LogP contribution is -2.31. The molecule has 1 aliphatic heterocycles. The molecule has 0 saturated carbocycles. The lowest BCUT2D eigenvalue weighted by atomic mass is 10.1. The minimum atomic E-state index is -0.642. The second-order valence-electron chi connectivity index (χ2n) is 4.63. The van der Waals surface area contributed by atoms with Crippen LogP contribution in [0.4, 0.5) is 14.5 Å². The summed E-state index contributed by atoms with van der Waals surface area (Å²) in [6.07, 6.45) is 0.678. The number of benzene rings is 1. The average molecular weight is 286 g/mol. The van der Waals surface area contributed by atoms with Gasteiger partial charge < -0.3 is 15.4 Å². The third-order valence-corrected chi connectivity index (χ3v) is 3.31. The van der Waals surface area contributed by atoms with E-state index in [4.69, 9.17) is 22.7 Å². The van der Waals surface area contributed by atoms with Crippen molar-refractivity contribution in [2.24, 2.45) is 5.73 Å². The van der Waals surface area contributed by atoms with Gasteiger partial charge in [-0.1, -0.05) is 12.2 Å². The number of thiocarbonyl (C=S) groups is 1. The molecule has 19 heavy (non-hydrogen) atoms. The summed E-state index contributed by atoms with van der Waals surface area (Å²) >= 11 is 4.73. The standard InChI is InChI=1S/C13H16F2N2OS/c1-8-7-17(3-2-4-18-8)12-10(14)5-9(13(16)19)6-11(12)15/h5-6,8H,2-4,7H2,1H3,(H2,16,19). The van der Waals surface area contributed by atoms with Gasteiger partial charge in [-0.2, -0.15) is 0 Å². The molecule has 1 aromatic carbocycles. The van der Waals surface area contributed by atoms with Gasteiger partial charge in [0.1, 0.15) is 22.3 Å². The van der Waals surface area contributed by atoms with Gasteiger partial charge in [0.15, 0.2) is 0 Å². The van der Waals surface area contributed by atoms with E-state index in [2.05, 4.69) is 0 Å². The number of ether oxygens (including phenoxy) is 1. The van der Waals surface area contributed by atoms with Crippen LogP contribution >= 0.6 is 12.2 Å². The molecule has 1 aliphatic rings. The van der Waals surface area contributed by atoms with Crippen molar-refractivity contribution in [2.75, 3.05) is 24.6 Å². The number of hydrogen-bond donors (Lipinski definition) is 1. The minimum absolute atomic E-state index is 0.0167. The Kier molecular flexibility index (Phi) is 4.31. The van der Waals surface area contributed by atoms with Crippen LogP contribution in [0.2, 0.25) is 0 Å². The highest BCUT2D eigenvalue weighted by atomic mass is 32.1. The third-order valence-electron chi connectivity index (χ3n) is 3.07. The van der Waals surface area contributed by atoms with Crippen molar-refractivity contribution in [1.29, 1.82) is 0 Å². The molecule has 0 spiro atoms. The molecule has 2 N–H and O–H groups in total. The first-order valence-corrected chi connectivity index (χ1v) is 6.55. The van der Waals surface area contributed by atoms with Crippen LogP contribution < -0.4 is 10.6 Å². The first kappa shape index (κ1) is 14.1. The van der Waals surface area contributed by atoms with Crippen LogP contribution in [0, 0.1) is 11.6 Å². The van der Waals surface area contributed by atoms with E-state index < -0.39 is 11.6 Å². The number of anilines is 1. The molecule has 0 aliphatic carbocycles. The van der Waals surface area contributed by atoms with E-state index in [1.54, 1.807) is 4.90 Å². The van der Waals surface area contributed by atoms with Crippen molar-refractivity contribution >= 4 is 22.9 Å². The molecule has 104 valence electrons. The molecule has 0 amide bonds. The maximum Gasteiger partial charge on any atom is 0.150 e. The Morgan fingerprint density at radius 3 is 2.63 bits per heavy atom. The number of nitrogens with zero attached hydrogens (tertiary/aromatic N) is 1. The quantitative estimate of drug-likeness (QED) is 0.846. The van der Waals surface area contributed by atoms with E-state index in [9.17, 15) is 8.78 Å². The monoisotopic (exact) mass is 286 g/mol. The molecule has 1 heterocycles. The predicted molar refractivity (Wildman–Crippen MR) is 74.5 cm³/mol. The summed E-state index contributed by atoms with van der Waals surface area (Å²) in [6.45, 7) is 3.51. The molecule has 1 atom stereocenters. The Labute approximate surface area is 116 Å². The van der Waals surface area contributed by atoms with Crippen molar-refractivity contribution in [2.45, 2.75) is 19.4 Å². The number of halogens is 2. The third kappa shape index (κ3) is 3.19. The molecule has 0 bridgehead atoms. The number of hydrogen-bond acceptors (Lipinski definition) is 3. The smallest absolute Gasteiger partial charge is 0.150 e. The molecule has 0 radical (unpaired) electrons. The Morgan fingerprint density at radius 1 is 1.42 bits per heavy atom. The average Bonchev–Trinajstić information content (AvgIpc) is 2.53. The Hall–Kier alpha value is -1.27. The SMILES string of the molecule is CC1CN(c2c(F)cc(C(N)=S)cc2F)CCCO1. The Morgan fingerprint density at radius 2 is 2.05 bits per heavy atom. The zero-order valence-electron chi connectivity index (χ0n) is 10.7. The van der Waals surface area contributed by atoms with Crippen molar-refractivity contribution in [3.63, 3.8) is 0 Å². The van der Waals surface area contributed by atoms with Gasteiger partial charge in [-0.3, -0.25) is 0 Å². The predicted octanol–water partition coefficient (Wildman–Crippen LogP) is 2.21. The topological polar surface area (TPSA) is 38.5 Å². The summed E-state index contributed by atoms with van der Waals surface area (Å²) < 4.78 is 33.6. The van der Waals surface area contributed by atoms with Gasteiger partial charge in [-0.25, -0.2) is 8.78 Å². The second-order valence-corrected chi connectivity index (χ2v) is 5.07. The van der Waals surface area contributed by atoms with Gasteiger partial charge in [0.25, 0.3) is 0 Å². The maximum atomic E-state index is 14.1. The van der Waals surface area contributed by atoms with Gasteiger partial charge in [-0.15, -0.1) is 0 Å².